The number of nitrogens with two attached hydrogens (primary N) is 1. The van der Waals surface area contributed by atoms with Crippen LogP contribution in [0.4, 0.5) is 4.79 Å². The highest BCUT2D eigenvalue weighted by atomic mass is 35.5. The summed E-state index contributed by atoms with van der Waals surface area (Å²) >= 11 is 0. The summed E-state index contributed by atoms with van der Waals surface area (Å²) in [5.41, 5.74) is 4.83. The van der Waals surface area contributed by atoms with Crippen LogP contribution in [0.5, 0.6) is 0 Å². The van der Waals surface area contributed by atoms with Crippen LogP contribution in [0.2, 0.25) is 0 Å². The van der Waals surface area contributed by atoms with Gasteiger partial charge in [0.25, 0.3) is 5.91 Å². The Bertz CT molecular complexity index is 491. The molecule has 4 N–H and O–H groups in total. The van der Waals surface area contributed by atoms with E-state index in [0.717, 1.165) is 30.6 Å². The van der Waals surface area contributed by atoms with E-state index in [1.807, 2.05) is 13.8 Å². The Morgan fingerprint density at radius 1 is 1.39 bits per heavy atom. The minimum atomic E-state index is -0.845. The molecule has 2 aliphatic rings. The minimum Gasteiger partial charge on any atom is -0.353 e. The van der Waals surface area contributed by atoms with Gasteiger partial charge in [0.2, 0.25) is 5.91 Å². The van der Waals surface area contributed by atoms with Crippen LogP contribution in [-0.2, 0) is 9.59 Å². The second kappa shape index (κ2) is 7.05. The van der Waals surface area contributed by atoms with Gasteiger partial charge in [0, 0.05) is 12.1 Å². The molecule has 1 unspecified atom stereocenters. The number of amides is 4. The molecule has 1 aliphatic carbocycles. The molecule has 1 atom stereocenters. The lowest BCUT2D eigenvalue weighted by Crippen LogP contribution is -2.51. The Morgan fingerprint density at radius 2 is 1.96 bits per heavy atom. The molecule has 2 fully saturated rings. The first-order valence-corrected chi connectivity index (χ1v) is 7.95. The molecule has 1 saturated heterocycles. The van der Waals surface area contributed by atoms with Gasteiger partial charge in [0.05, 0.1) is 0 Å². The lowest BCUT2D eigenvalue weighted by Gasteiger charge is -2.27. The van der Waals surface area contributed by atoms with Gasteiger partial charge in [-0.05, 0) is 38.5 Å². The third-order valence-corrected chi connectivity index (χ3v) is 5.04. The van der Waals surface area contributed by atoms with E-state index in [0.29, 0.717) is 6.54 Å². The molecule has 132 valence electrons. The number of urea groups is 1. The Kier molecular flexibility index (Phi) is 6.04. The highest BCUT2D eigenvalue weighted by Crippen LogP contribution is 2.42. The first kappa shape index (κ1) is 19.7. The van der Waals surface area contributed by atoms with Crippen molar-refractivity contribution in [2.45, 2.75) is 57.5 Å². The van der Waals surface area contributed by atoms with Crippen molar-refractivity contribution in [3.63, 3.8) is 0 Å². The van der Waals surface area contributed by atoms with Crippen molar-refractivity contribution in [1.82, 2.24) is 15.5 Å². The van der Waals surface area contributed by atoms with Crippen molar-refractivity contribution in [3.05, 3.63) is 0 Å². The molecule has 0 aromatic carbocycles. The summed E-state index contributed by atoms with van der Waals surface area (Å²) in [5.74, 6) is -0.477. The number of hydrogen-bond acceptors (Lipinski definition) is 4. The quantitative estimate of drug-likeness (QED) is 0.592. The van der Waals surface area contributed by atoms with E-state index in [1.54, 1.807) is 6.92 Å². The number of imide groups is 1. The SMILES string of the molecule is CCC(N)(CC)CNC(=O)CN1C(=O)NC(C)(C2CC2)C1=O.Cl. The average molecular weight is 347 g/mol. The highest BCUT2D eigenvalue weighted by Gasteiger charge is 2.56. The van der Waals surface area contributed by atoms with E-state index in [2.05, 4.69) is 10.6 Å². The zero-order valence-corrected chi connectivity index (χ0v) is 14.8. The molecule has 1 saturated carbocycles. The second-order valence-corrected chi connectivity index (χ2v) is 6.64. The van der Waals surface area contributed by atoms with Gasteiger partial charge in [0.1, 0.15) is 12.1 Å². The van der Waals surface area contributed by atoms with Crippen molar-refractivity contribution in [1.29, 1.82) is 0 Å². The predicted molar refractivity (Wildman–Crippen MR) is 89.1 cm³/mol. The van der Waals surface area contributed by atoms with Crippen LogP contribution in [0.15, 0.2) is 0 Å². The Hall–Kier alpha value is -1.34. The maximum Gasteiger partial charge on any atom is 0.325 e. The van der Waals surface area contributed by atoms with E-state index < -0.39 is 17.1 Å². The van der Waals surface area contributed by atoms with E-state index in [-0.39, 0.29) is 36.7 Å². The van der Waals surface area contributed by atoms with Crippen LogP contribution in [-0.4, -0.2) is 46.9 Å². The summed E-state index contributed by atoms with van der Waals surface area (Å²) in [6.07, 6.45) is 3.36. The van der Waals surface area contributed by atoms with E-state index in [1.165, 1.54) is 0 Å². The zero-order valence-electron chi connectivity index (χ0n) is 14.0. The molecule has 0 radical (unpaired) electrons. The summed E-state index contributed by atoms with van der Waals surface area (Å²) in [5, 5.41) is 5.45. The van der Waals surface area contributed by atoms with Gasteiger partial charge in [-0.15, -0.1) is 12.4 Å². The van der Waals surface area contributed by atoms with Gasteiger partial charge in [-0.1, -0.05) is 13.8 Å². The standard InChI is InChI=1S/C15H26N4O3.ClH/c1-4-15(16,5-2)9-17-11(20)8-19-12(21)14(3,10-6-7-10)18-13(19)22;/h10H,4-9,16H2,1-3H3,(H,17,20)(H,18,22);1H. The smallest absolute Gasteiger partial charge is 0.325 e. The van der Waals surface area contributed by atoms with Crippen LogP contribution in [0.1, 0.15) is 46.5 Å². The Labute approximate surface area is 143 Å². The fourth-order valence-electron chi connectivity index (χ4n) is 2.77. The fourth-order valence-corrected chi connectivity index (χ4v) is 2.77. The van der Waals surface area contributed by atoms with Crippen molar-refractivity contribution < 1.29 is 14.4 Å². The summed E-state index contributed by atoms with van der Waals surface area (Å²) < 4.78 is 0. The second-order valence-electron chi connectivity index (χ2n) is 6.64. The molecule has 0 aromatic heterocycles. The molecule has 0 spiro atoms. The summed E-state index contributed by atoms with van der Waals surface area (Å²) in [4.78, 5) is 37.4. The summed E-state index contributed by atoms with van der Waals surface area (Å²) in [6.45, 7) is 5.75. The third kappa shape index (κ3) is 3.95. The number of carbonyl (C=O) groups is 3. The van der Waals surface area contributed by atoms with Crippen molar-refractivity contribution in [2.75, 3.05) is 13.1 Å². The summed E-state index contributed by atoms with van der Waals surface area (Å²) in [6, 6.07) is -0.487. The molecule has 0 bridgehead atoms. The molecule has 7 nitrogen and oxygen atoms in total. The molecule has 4 amide bonds. The van der Waals surface area contributed by atoms with Crippen LogP contribution in [0, 0.1) is 5.92 Å². The van der Waals surface area contributed by atoms with Crippen LogP contribution >= 0.6 is 12.4 Å². The van der Waals surface area contributed by atoms with Crippen molar-refractivity contribution in [2.24, 2.45) is 11.7 Å². The number of nitrogens with zero attached hydrogens (tertiary/aromatic N) is 1. The highest BCUT2D eigenvalue weighted by molar-refractivity contribution is 6.09. The van der Waals surface area contributed by atoms with Crippen LogP contribution in [0.25, 0.3) is 0 Å². The molecule has 0 aromatic rings. The number of nitrogens with one attached hydrogen (secondary N) is 2. The lowest BCUT2D eigenvalue weighted by molar-refractivity contribution is -0.135. The van der Waals surface area contributed by atoms with Crippen molar-refractivity contribution >= 4 is 30.3 Å². The molecule has 2 rings (SSSR count). The molecular weight excluding hydrogens is 320 g/mol. The van der Waals surface area contributed by atoms with Gasteiger partial charge in [0.15, 0.2) is 0 Å². The van der Waals surface area contributed by atoms with E-state index >= 15 is 0 Å². The van der Waals surface area contributed by atoms with Gasteiger partial charge < -0.3 is 16.4 Å². The largest absolute Gasteiger partial charge is 0.353 e. The molecule has 1 heterocycles. The maximum absolute atomic E-state index is 12.4. The monoisotopic (exact) mass is 346 g/mol. The normalized spacial score (nSPS) is 24.3. The first-order valence-electron chi connectivity index (χ1n) is 7.95. The summed E-state index contributed by atoms with van der Waals surface area (Å²) in [7, 11) is 0. The maximum atomic E-state index is 12.4. The Balaban J connectivity index is 0.00000264. The molecular formula is C15H27ClN4O3. The van der Waals surface area contributed by atoms with Crippen LogP contribution < -0.4 is 16.4 Å². The van der Waals surface area contributed by atoms with Gasteiger partial charge >= 0.3 is 6.03 Å². The van der Waals surface area contributed by atoms with Gasteiger partial charge in [-0.2, -0.15) is 0 Å². The van der Waals surface area contributed by atoms with E-state index in [9.17, 15) is 14.4 Å². The molecule has 23 heavy (non-hydrogen) atoms. The zero-order chi connectivity index (χ0) is 16.5. The number of rotatable bonds is 7. The predicted octanol–water partition coefficient (Wildman–Crippen LogP) is 0.762. The van der Waals surface area contributed by atoms with Crippen LogP contribution in [0.3, 0.4) is 0 Å². The fraction of sp³-hybridized carbons (Fsp3) is 0.800. The minimum absolute atomic E-state index is 0. The first-order chi connectivity index (χ1) is 10.3. The van der Waals surface area contributed by atoms with E-state index in [4.69, 9.17) is 5.73 Å². The number of hydrogen-bond donors (Lipinski definition) is 3. The van der Waals surface area contributed by atoms with Gasteiger partial charge in [-0.25, -0.2) is 4.79 Å². The Morgan fingerprint density at radius 3 is 2.43 bits per heavy atom. The topological polar surface area (TPSA) is 105 Å². The van der Waals surface area contributed by atoms with Crippen molar-refractivity contribution in [3.8, 4) is 0 Å². The average Bonchev–Trinajstić information content (AvgIpc) is 3.31. The number of carbonyl (C=O) groups excluding carboxylic acids is 3. The molecule has 8 heteroatoms. The van der Waals surface area contributed by atoms with Gasteiger partial charge in [-0.3, -0.25) is 14.5 Å². The third-order valence-electron chi connectivity index (χ3n) is 5.04. The lowest BCUT2D eigenvalue weighted by atomic mass is 9.94. The number of halogens is 1. The molecule has 1 aliphatic heterocycles.